The average Bonchev–Trinajstić information content (AvgIpc) is 2.06. The third kappa shape index (κ3) is 3.82. The molecule has 0 heterocycles. The lowest BCUT2D eigenvalue weighted by molar-refractivity contribution is 0.257. The molecule has 1 fully saturated rings. The SMILES string of the molecule is CC(C)CNC(=S)N(C)CC1CCC1. The maximum absolute atomic E-state index is 5.30. The topological polar surface area (TPSA) is 15.3 Å². The van der Waals surface area contributed by atoms with Gasteiger partial charge < -0.3 is 10.2 Å². The van der Waals surface area contributed by atoms with Crippen molar-refractivity contribution in [2.24, 2.45) is 11.8 Å². The molecule has 1 saturated carbocycles. The molecule has 0 aromatic heterocycles. The largest absolute Gasteiger partial charge is 0.362 e. The van der Waals surface area contributed by atoms with Crippen molar-refractivity contribution in [3.05, 3.63) is 0 Å². The van der Waals surface area contributed by atoms with E-state index in [9.17, 15) is 0 Å². The van der Waals surface area contributed by atoms with Crippen LogP contribution in [0.5, 0.6) is 0 Å². The standard InChI is InChI=1S/C11H22N2S/c1-9(2)7-12-11(14)13(3)8-10-5-4-6-10/h9-10H,4-8H2,1-3H3,(H,12,14). The van der Waals surface area contributed by atoms with Gasteiger partial charge in [0.2, 0.25) is 0 Å². The van der Waals surface area contributed by atoms with Crippen LogP contribution in [0.1, 0.15) is 33.1 Å². The van der Waals surface area contributed by atoms with Crippen LogP contribution in [0.3, 0.4) is 0 Å². The summed E-state index contributed by atoms with van der Waals surface area (Å²) in [5, 5.41) is 4.20. The van der Waals surface area contributed by atoms with Crippen molar-refractivity contribution in [3.8, 4) is 0 Å². The Morgan fingerprint density at radius 2 is 2.14 bits per heavy atom. The normalized spacial score (nSPS) is 16.6. The molecule has 0 aromatic carbocycles. The fraction of sp³-hybridized carbons (Fsp3) is 0.909. The second-order valence-corrected chi connectivity index (χ2v) is 5.14. The van der Waals surface area contributed by atoms with Crippen LogP contribution in [-0.2, 0) is 0 Å². The molecule has 0 spiro atoms. The van der Waals surface area contributed by atoms with Crippen LogP contribution in [-0.4, -0.2) is 30.1 Å². The van der Waals surface area contributed by atoms with Gasteiger partial charge in [0.05, 0.1) is 0 Å². The van der Waals surface area contributed by atoms with Crippen molar-refractivity contribution in [1.29, 1.82) is 0 Å². The van der Waals surface area contributed by atoms with E-state index in [0.717, 1.165) is 24.1 Å². The number of hydrogen-bond donors (Lipinski definition) is 1. The molecule has 0 saturated heterocycles. The number of nitrogens with zero attached hydrogens (tertiary/aromatic N) is 1. The molecule has 0 amide bonds. The zero-order valence-electron chi connectivity index (χ0n) is 9.55. The Morgan fingerprint density at radius 3 is 2.57 bits per heavy atom. The van der Waals surface area contributed by atoms with Crippen LogP contribution in [0.15, 0.2) is 0 Å². The molecule has 2 nitrogen and oxygen atoms in total. The Kier molecular flexibility index (Phi) is 4.66. The molecular formula is C11H22N2S. The lowest BCUT2D eigenvalue weighted by Crippen LogP contribution is -2.42. The minimum atomic E-state index is 0.657. The van der Waals surface area contributed by atoms with E-state index in [2.05, 4.69) is 31.1 Å². The van der Waals surface area contributed by atoms with Crippen LogP contribution < -0.4 is 5.32 Å². The summed E-state index contributed by atoms with van der Waals surface area (Å²) in [6.45, 7) is 6.50. The molecule has 0 bridgehead atoms. The van der Waals surface area contributed by atoms with Crippen molar-refractivity contribution in [2.45, 2.75) is 33.1 Å². The van der Waals surface area contributed by atoms with Gasteiger partial charge in [-0.2, -0.15) is 0 Å². The number of hydrogen-bond acceptors (Lipinski definition) is 1. The van der Waals surface area contributed by atoms with E-state index >= 15 is 0 Å². The molecule has 0 aromatic rings. The van der Waals surface area contributed by atoms with Gasteiger partial charge in [-0.3, -0.25) is 0 Å². The zero-order valence-corrected chi connectivity index (χ0v) is 10.4. The molecular weight excluding hydrogens is 192 g/mol. The molecule has 1 aliphatic rings. The summed E-state index contributed by atoms with van der Waals surface area (Å²) in [5.41, 5.74) is 0. The van der Waals surface area contributed by atoms with E-state index in [1.54, 1.807) is 0 Å². The van der Waals surface area contributed by atoms with Crippen molar-refractivity contribution < 1.29 is 0 Å². The maximum Gasteiger partial charge on any atom is 0.168 e. The summed E-state index contributed by atoms with van der Waals surface area (Å²) in [7, 11) is 2.09. The first-order valence-corrected chi connectivity index (χ1v) is 5.99. The van der Waals surface area contributed by atoms with Gasteiger partial charge in [0.1, 0.15) is 0 Å². The first-order chi connectivity index (χ1) is 6.59. The molecule has 0 radical (unpaired) electrons. The highest BCUT2D eigenvalue weighted by molar-refractivity contribution is 7.80. The van der Waals surface area contributed by atoms with E-state index in [-0.39, 0.29) is 0 Å². The smallest absolute Gasteiger partial charge is 0.168 e. The molecule has 14 heavy (non-hydrogen) atoms. The van der Waals surface area contributed by atoms with Gasteiger partial charge in [0, 0.05) is 20.1 Å². The van der Waals surface area contributed by atoms with Crippen LogP contribution in [0.2, 0.25) is 0 Å². The minimum Gasteiger partial charge on any atom is -0.362 e. The third-order valence-electron chi connectivity index (χ3n) is 2.77. The second kappa shape index (κ2) is 5.54. The van der Waals surface area contributed by atoms with Gasteiger partial charge in [-0.15, -0.1) is 0 Å². The van der Waals surface area contributed by atoms with Gasteiger partial charge in [-0.05, 0) is 36.9 Å². The highest BCUT2D eigenvalue weighted by atomic mass is 32.1. The minimum absolute atomic E-state index is 0.657. The van der Waals surface area contributed by atoms with Gasteiger partial charge >= 0.3 is 0 Å². The fourth-order valence-electron chi connectivity index (χ4n) is 1.57. The Morgan fingerprint density at radius 1 is 1.50 bits per heavy atom. The molecule has 82 valence electrons. The van der Waals surface area contributed by atoms with Crippen molar-refractivity contribution in [1.82, 2.24) is 10.2 Å². The van der Waals surface area contributed by atoms with E-state index < -0.39 is 0 Å². The summed E-state index contributed by atoms with van der Waals surface area (Å²) in [6.07, 6.45) is 4.18. The van der Waals surface area contributed by atoms with Crippen LogP contribution in [0.4, 0.5) is 0 Å². The summed E-state index contributed by atoms with van der Waals surface area (Å²) in [5.74, 6) is 1.55. The monoisotopic (exact) mass is 214 g/mol. The zero-order chi connectivity index (χ0) is 10.6. The van der Waals surface area contributed by atoms with Crippen LogP contribution >= 0.6 is 12.2 Å². The molecule has 0 atom stereocenters. The van der Waals surface area contributed by atoms with E-state index in [0.29, 0.717) is 5.92 Å². The molecule has 0 unspecified atom stereocenters. The highest BCUT2D eigenvalue weighted by Gasteiger charge is 2.19. The molecule has 0 aliphatic heterocycles. The number of nitrogens with one attached hydrogen (secondary N) is 1. The predicted octanol–water partition coefficient (Wildman–Crippen LogP) is 2.25. The summed E-state index contributed by atoms with van der Waals surface area (Å²) in [4.78, 5) is 2.18. The number of rotatable bonds is 4. The predicted molar refractivity (Wildman–Crippen MR) is 65.4 cm³/mol. The van der Waals surface area contributed by atoms with E-state index in [1.807, 2.05) is 0 Å². The summed E-state index contributed by atoms with van der Waals surface area (Å²) < 4.78 is 0. The highest BCUT2D eigenvalue weighted by Crippen LogP contribution is 2.26. The van der Waals surface area contributed by atoms with Crippen LogP contribution in [0.25, 0.3) is 0 Å². The fourth-order valence-corrected chi connectivity index (χ4v) is 1.73. The Balaban J connectivity index is 2.14. The average molecular weight is 214 g/mol. The third-order valence-corrected chi connectivity index (χ3v) is 3.22. The van der Waals surface area contributed by atoms with Gasteiger partial charge in [0.15, 0.2) is 5.11 Å². The van der Waals surface area contributed by atoms with Gasteiger partial charge in [-0.25, -0.2) is 0 Å². The van der Waals surface area contributed by atoms with Crippen LogP contribution in [0, 0.1) is 11.8 Å². The maximum atomic E-state index is 5.30. The Labute approximate surface area is 93.1 Å². The first-order valence-electron chi connectivity index (χ1n) is 5.58. The van der Waals surface area contributed by atoms with Crippen molar-refractivity contribution in [3.63, 3.8) is 0 Å². The lowest BCUT2D eigenvalue weighted by atomic mass is 9.85. The Hall–Kier alpha value is -0.310. The second-order valence-electron chi connectivity index (χ2n) is 4.76. The first kappa shape index (κ1) is 11.8. The summed E-state index contributed by atoms with van der Waals surface area (Å²) in [6, 6.07) is 0. The molecule has 1 N–H and O–H groups in total. The van der Waals surface area contributed by atoms with Crippen molar-refractivity contribution >= 4 is 17.3 Å². The van der Waals surface area contributed by atoms with Gasteiger partial charge in [0.25, 0.3) is 0 Å². The number of thiocarbonyl (C=S) groups is 1. The Bertz CT molecular complexity index is 188. The van der Waals surface area contributed by atoms with Gasteiger partial charge in [-0.1, -0.05) is 20.3 Å². The summed E-state index contributed by atoms with van der Waals surface area (Å²) >= 11 is 5.30. The van der Waals surface area contributed by atoms with Crippen molar-refractivity contribution in [2.75, 3.05) is 20.1 Å². The van der Waals surface area contributed by atoms with E-state index in [1.165, 1.54) is 19.3 Å². The molecule has 1 aliphatic carbocycles. The molecule has 3 heteroatoms. The lowest BCUT2D eigenvalue weighted by Gasteiger charge is -2.31. The quantitative estimate of drug-likeness (QED) is 0.723. The van der Waals surface area contributed by atoms with E-state index in [4.69, 9.17) is 12.2 Å². The molecule has 1 rings (SSSR count).